The van der Waals surface area contributed by atoms with Crippen LogP contribution in [0.25, 0.3) is 22.6 Å². The van der Waals surface area contributed by atoms with E-state index in [0.29, 0.717) is 11.3 Å². The van der Waals surface area contributed by atoms with Crippen LogP contribution in [0, 0.1) is 41.0 Å². The van der Waals surface area contributed by atoms with E-state index >= 15 is 0 Å². The van der Waals surface area contributed by atoms with E-state index in [0.717, 1.165) is 57.4 Å². The van der Waals surface area contributed by atoms with E-state index in [1.54, 1.807) is 42.6 Å². The predicted molar refractivity (Wildman–Crippen MR) is 186 cm³/mol. The van der Waals surface area contributed by atoms with Crippen LogP contribution in [-0.4, -0.2) is 31.1 Å². The van der Waals surface area contributed by atoms with E-state index < -0.39 is 21.2 Å². The number of hydrogen-bond acceptors (Lipinski definition) is 7. The molecular weight excluding hydrogens is 624 g/mol. The molecule has 0 fully saturated rings. The molecule has 6 aromatic rings. The lowest BCUT2D eigenvalue weighted by Gasteiger charge is -2.12. The highest BCUT2D eigenvalue weighted by molar-refractivity contribution is 5.95. The van der Waals surface area contributed by atoms with Crippen LogP contribution in [0.2, 0.25) is 0 Å². The largest absolute Gasteiger partial charge is 0.450 e. The highest BCUT2D eigenvalue weighted by Gasteiger charge is 2.21. The van der Waals surface area contributed by atoms with Gasteiger partial charge in [-0.3, -0.25) is 25.0 Å². The molecule has 0 bridgehead atoms. The number of aromatic nitrogens is 2. The van der Waals surface area contributed by atoms with Crippen LogP contribution in [0.4, 0.5) is 11.4 Å². The van der Waals surface area contributed by atoms with Gasteiger partial charge in [-0.2, -0.15) is 5.10 Å². The van der Waals surface area contributed by atoms with Crippen LogP contribution in [0.5, 0.6) is 11.5 Å². The summed E-state index contributed by atoms with van der Waals surface area (Å²) in [6.45, 7) is 5.90. The number of ether oxygens (including phenoxy) is 1. The number of nitro groups is 2. The minimum Gasteiger partial charge on any atom is -0.450 e. The molecular formula is C37H30N6O6. The van der Waals surface area contributed by atoms with Gasteiger partial charge in [0.25, 0.3) is 11.6 Å². The molecule has 2 aromatic heterocycles. The number of non-ortho nitro benzene ring substituents is 1. The average Bonchev–Trinajstić information content (AvgIpc) is 3.63. The van der Waals surface area contributed by atoms with Gasteiger partial charge in [0.15, 0.2) is 0 Å². The number of aryl methyl sites for hydroxylation is 2. The lowest BCUT2D eigenvalue weighted by Crippen LogP contribution is -2.17. The minimum absolute atomic E-state index is 0.110. The Morgan fingerprint density at radius 3 is 2.10 bits per heavy atom. The molecule has 0 saturated heterocycles. The van der Waals surface area contributed by atoms with Crippen molar-refractivity contribution in [2.24, 2.45) is 5.10 Å². The van der Waals surface area contributed by atoms with Gasteiger partial charge >= 0.3 is 5.69 Å². The van der Waals surface area contributed by atoms with Crippen LogP contribution in [0.3, 0.4) is 0 Å². The second kappa shape index (κ2) is 13.5. The number of amides is 1. The zero-order valence-electron chi connectivity index (χ0n) is 26.7. The van der Waals surface area contributed by atoms with E-state index in [9.17, 15) is 25.0 Å². The van der Waals surface area contributed by atoms with E-state index in [1.807, 2.05) is 61.7 Å². The third kappa shape index (κ3) is 6.69. The Hall–Kier alpha value is -6.82. The van der Waals surface area contributed by atoms with Gasteiger partial charge in [0.2, 0.25) is 5.75 Å². The van der Waals surface area contributed by atoms with Gasteiger partial charge < -0.3 is 13.9 Å². The Kier molecular flexibility index (Phi) is 8.85. The van der Waals surface area contributed by atoms with Crippen LogP contribution in [0.1, 0.15) is 33.0 Å². The Morgan fingerprint density at radius 1 is 0.755 bits per heavy atom. The van der Waals surface area contributed by atoms with E-state index in [2.05, 4.69) is 39.4 Å². The molecule has 0 spiro atoms. The van der Waals surface area contributed by atoms with E-state index in [1.165, 1.54) is 6.07 Å². The quantitative estimate of drug-likeness (QED) is 0.0894. The van der Waals surface area contributed by atoms with Gasteiger partial charge in [0.1, 0.15) is 5.75 Å². The van der Waals surface area contributed by atoms with Gasteiger partial charge in [0.05, 0.1) is 27.8 Å². The summed E-state index contributed by atoms with van der Waals surface area (Å²) in [5, 5.41) is 26.7. The summed E-state index contributed by atoms with van der Waals surface area (Å²) in [4.78, 5) is 34.0. The summed E-state index contributed by atoms with van der Waals surface area (Å²) >= 11 is 0. The van der Waals surface area contributed by atoms with Crippen LogP contribution >= 0.6 is 0 Å². The highest BCUT2D eigenvalue weighted by Crippen LogP contribution is 2.35. The van der Waals surface area contributed by atoms with Crippen LogP contribution < -0.4 is 10.2 Å². The molecule has 0 radical (unpaired) electrons. The summed E-state index contributed by atoms with van der Waals surface area (Å²) < 4.78 is 9.83. The molecule has 0 atom stereocenters. The topological polar surface area (TPSA) is 147 Å². The van der Waals surface area contributed by atoms with Crippen molar-refractivity contribution in [1.82, 2.24) is 14.6 Å². The third-order valence-electron chi connectivity index (χ3n) is 8.05. The Balaban J connectivity index is 1.13. The number of rotatable bonds is 10. The Bertz CT molecular complexity index is 2220. The molecule has 0 aliphatic carbocycles. The maximum absolute atomic E-state index is 12.9. The van der Waals surface area contributed by atoms with Crippen molar-refractivity contribution in [3.05, 3.63) is 164 Å². The number of nitro benzene ring substituents is 2. The molecule has 0 unspecified atom stereocenters. The Morgan fingerprint density at radius 2 is 1.43 bits per heavy atom. The molecule has 0 aliphatic rings. The van der Waals surface area contributed by atoms with Crippen molar-refractivity contribution < 1.29 is 19.4 Å². The second-order valence-corrected chi connectivity index (χ2v) is 11.2. The summed E-state index contributed by atoms with van der Waals surface area (Å²) in [6, 6.07) is 33.7. The lowest BCUT2D eigenvalue weighted by atomic mass is 10.1. The molecule has 12 nitrogen and oxygen atoms in total. The molecule has 12 heteroatoms. The Labute approximate surface area is 280 Å². The molecule has 1 amide bonds. The maximum Gasteiger partial charge on any atom is 0.318 e. The minimum atomic E-state index is -0.724. The second-order valence-electron chi connectivity index (χ2n) is 11.2. The fourth-order valence-electron chi connectivity index (χ4n) is 5.66. The maximum atomic E-state index is 12.9. The number of hydrogen-bond donors (Lipinski definition) is 1. The number of carbonyl (C=O) groups excluding carboxylic acids is 1. The molecule has 4 aromatic carbocycles. The monoisotopic (exact) mass is 654 g/mol. The predicted octanol–water partition coefficient (Wildman–Crippen LogP) is 8.23. The first-order valence-corrected chi connectivity index (χ1v) is 15.2. The number of nitrogens with one attached hydrogen (secondary N) is 1. The highest BCUT2D eigenvalue weighted by atomic mass is 16.6. The van der Waals surface area contributed by atoms with Gasteiger partial charge in [0, 0.05) is 45.6 Å². The van der Waals surface area contributed by atoms with Crippen molar-refractivity contribution in [2.45, 2.75) is 20.8 Å². The molecule has 6 rings (SSSR count). The molecule has 244 valence electrons. The summed E-state index contributed by atoms with van der Waals surface area (Å²) in [7, 11) is 0. The standard InChI is InChI=1S/C37H30N6O6/c1-24-9-19-34(27-7-5-4-6-8-27)41(24)31-12-10-28(11-13-31)37(44)39-38-23-29-21-25(2)40(26(29)3)30-14-17-33(18-15-30)49-36-20-16-32(42(45)46)22-35(36)43(47)48/h4-23H,1-3H3,(H,39,44)/b38-23+. The first-order valence-electron chi connectivity index (χ1n) is 15.2. The number of hydrazone groups is 1. The fraction of sp³-hybridized carbons (Fsp3) is 0.0811. The smallest absolute Gasteiger partial charge is 0.318 e. The summed E-state index contributed by atoms with van der Waals surface area (Å²) in [6.07, 6.45) is 1.59. The van der Waals surface area contributed by atoms with Crippen molar-refractivity contribution in [2.75, 3.05) is 0 Å². The van der Waals surface area contributed by atoms with Crippen molar-refractivity contribution >= 4 is 23.5 Å². The molecule has 2 heterocycles. The lowest BCUT2D eigenvalue weighted by molar-refractivity contribution is -0.394. The van der Waals surface area contributed by atoms with Crippen LogP contribution in [-0.2, 0) is 0 Å². The van der Waals surface area contributed by atoms with Crippen LogP contribution in [0.15, 0.2) is 120 Å². The van der Waals surface area contributed by atoms with Crippen molar-refractivity contribution in [3.63, 3.8) is 0 Å². The van der Waals surface area contributed by atoms with E-state index in [-0.39, 0.29) is 11.7 Å². The van der Waals surface area contributed by atoms with E-state index in [4.69, 9.17) is 4.74 Å². The van der Waals surface area contributed by atoms with Gasteiger partial charge in [-0.05, 0) is 99.1 Å². The zero-order valence-corrected chi connectivity index (χ0v) is 26.7. The first-order chi connectivity index (χ1) is 23.6. The first kappa shape index (κ1) is 32.1. The molecule has 1 N–H and O–H groups in total. The normalized spacial score (nSPS) is 11.1. The zero-order chi connectivity index (χ0) is 34.7. The third-order valence-corrected chi connectivity index (χ3v) is 8.05. The fourth-order valence-corrected chi connectivity index (χ4v) is 5.66. The van der Waals surface area contributed by atoms with Crippen molar-refractivity contribution in [1.29, 1.82) is 0 Å². The van der Waals surface area contributed by atoms with Gasteiger partial charge in [-0.1, -0.05) is 30.3 Å². The summed E-state index contributed by atoms with van der Waals surface area (Å²) in [5.74, 6) is -0.129. The number of benzene rings is 4. The molecule has 0 aliphatic heterocycles. The SMILES string of the molecule is Cc1ccc(-c2ccccc2)n1-c1ccc(C(=O)N/N=C/c2cc(C)n(-c3ccc(Oc4ccc([N+](=O)[O-])cc4[N+](=O)[O-])cc3)c2C)cc1. The average molecular weight is 655 g/mol. The number of carbonyl (C=O) groups is 1. The summed E-state index contributed by atoms with van der Waals surface area (Å²) in [5.41, 5.74) is 9.75. The van der Waals surface area contributed by atoms with Gasteiger partial charge in [-0.15, -0.1) is 0 Å². The van der Waals surface area contributed by atoms with Gasteiger partial charge in [-0.25, -0.2) is 5.43 Å². The number of nitrogens with zero attached hydrogens (tertiary/aromatic N) is 5. The molecule has 0 saturated carbocycles. The molecule has 49 heavy (non-hydrogen) atoms. The van der Waals surface area contributed by atoms with Crippen molar-refractivity contribution in [3.8, 4) is 34.1 Å².